The Balaban J connectivity index is 3.06. The van der Waals surface area contributed by atoms with Gasteiger partial charge in [0.15, 0.2) is 0 Å². The number of aromatic hydroxyl groups is 1. The molecule has 1 aromatic rings. The van der Waals surface area contributed by atoms with Gasteiger partial charge in [-0.1, -0.05) is 104 Å². The van der Waals surface area contributed by atoms with Crippen molar-refractivity contribution in [3.05, 3.63) is 29.8 Å². The molecule has 1 aromatic carbocycles. The number of phenols is 1. The maximum absolute atomic E-state index is 10.8. The van der Waals surface area contributed by atoms with Gasteiger partial charge in [-0.2, -0.15) is 0 Å². The summed E-state index contributed by atoms with van der Waals surface area (Å²) in [6.07, 6.45) is 16.4. The van der Waals surface area contributed by atoms with Crippen LogP contribution in [-0.4, -0.2) is 18.3 Å². The predicted octanol–water partition coefficient (Wildman–Crippen LogP) is 8.74. The van der Waals surface area contributed by atoms with E-state index in [0.29, 0.717) is 13.2 Å². The van der Waals surface area contributed by atoms with Crippen molar-refractivity contribution in [3.63, 3.8) is 0 Å². The second-order valence-corrected chi connectivity index (χ2v) is 8.96. The van der Waals surface area contributed by atoms with Crippen LogP contribution in [0.4, 0.5) is 0 Å². The second-order valence-electron chi connectivity index (χ2n) is 8.96. The van der Waals surface area contributed by atoms with E-state index < -0.39 is 5.79 Å². The van der Waals surface area contributed by atoms with E-state index in [1.165, 1.54) is 51.4 Å². The van der Waals surface area contributed by atoms with Gasteiger partial charge >= 0.3 is 0 Å². The molecule has 0 spiro atoms. The van der Waals surface area contributed by atoms with Crippen molar-refractivity contribution in [2.24, 2.45) is 5.92 Å². The molecule has 180 valence electrons. The van der Waals surface area contributed by atoms with Gasteiger partial charge in [-0.25, -0.2) is 0 Å². The van der Waals surface area contributed by atoms with Crippen molar-refractivity contribution in [1.82, 2.24) is 0 Å². The van der Waals surface area contributed by atoms with E-state index in [1.807, 2.05) is 18.2 Å². The molecule has 3 heteroatoms. The standard InChI is InChI=1S/C28H50O3/c1-5-9-12-13-14-15-20-25(8-4)28(30-23-18-10-6-2,31-24-19-11-7-3)26-21-16-17-22-27(26)29/h16-17,21-22,25,29H,5-15,18-20,23-24H2,1-4H3. The summed E-state index contributed by atoms with van der Waals surface area (Å²) >= 11 is 0. The minimum absolute atomic E-state index is 0.232. The van der Waals surface area contributed by atoms with Gasteiger partial charge in [0.1, 0.15) is 5.75 Å². The summed E-state index contributed by atoms with van der Waals surface area (Å²) in [5, 5.41) is 10.8. The van der Waals surface area contributed by atoms with E-state index in [-0.39, 0.29) is 11.7 Å². The zero-order chi connectivity index (χ0) is 22.8. The molecular weight excluding hydrogens is 384 g/mol. The molecule has 1 unspecified atom stereocenters. The number of benzene rings is 1. The first-order valence-electron chi connectivity index (χ1n) is 13.2. The minimum atomic E-state index is -0.856. The first kappa shape index (κ1) is 28.0. The van der Waals surface area contributed by atoms with E-state index in [9.17, 15) is 5.11 Å². The second kappa shape index (κ2) is 17.5. The smallest absolute Gasteiger partial charge is 0.201 e. The van der Waals surface area contributed by atoms with Crippen LogP contribution in [0.15, 0.2) is 24.3 Å². The first-order valence-corrected chi connectivity index (χ1v) is 13.2. The molecule has 31 heavy (non-hydrogen) atoms. The number of hydrogen-bond donors (Lipinski definition) is 1. The summed E-state index contributed by atoms with van der Waals surface area (Å²) in [6.45, 7) is 10.3. The summed E-state index contributed by atoms with van der Waals surface area (Å²) < 4.78 is 13.3. The summed E-state index contributed by atoms with van der Waals surface area (Å²) in [5.41, 5.74) is 0.806. The maximum atomic E-state index is 10.8. The van der Waals surface area contributed by atoms with Crippen LogP contribution in [0.1, 0.15) is 123 Å². The van der Waals surface area contributed by atoms with Crippen LogP contribution in [0.3, 0.4) is 0 Å². The summed E-state index contributed by atoms with van der Waals surface area (Å²) in [7, 11) is 0. The molecule has 0 saturated carbocycles. The van der Waals surface area contributed by atoms with Crippen molar-refractivity contribution >= 4 is 0 Å². The third kappa shape index (κ3) is 9.95. The Bertz CT molecular complexity index is 531. The molecule has 0 aliphatic heterocycles. The molecule has 3 nitrogen and oxygen atoms in total. The summed E-state index contributed by atoms with van der Waals surface area (Å²) in [5.74, 6) is -0.338. The van der Waals surface area contributed by atoms with E-state index >= 15 is 0 Å². The van der Waals surface area contributed by atoms with Crippen molar-refractivity contribution in [3.8, 4) is 5.75 Å². The Labute approximate surface area is 192 Å². The molecule has 0 amide bonds. The summed E-state index contributed by atoms with van der Waals surface area (Å²) in [6, 6.07) is 7.64. The quantitative estimate of drug-likeness (QED) is 0.165. The lowest BCUT2D eigenvalue weighted by Crippen LogP contribution is -2.42. The zero-order valence-electron chi connectivity index (χ0n) is 21.0. The lowest BCUT2D eigenvalue weighted by atomic mass is 9.84. The molecule has 1 atom stereocenters. The van der Waals surface area contributed by atoms with Gasteiger partial charge < -0.3 is 14.6 Å². The fourth-order valence-electron chi connectivity index (χ4n) is 4.41. The van der Waals surface area contributed by atoms with Gasteiger partial charge in [-0.3, -0.25) is 0 Å². The van der Waals surface area contributed by atoms with Gasteiger partial charge in [0.05, 0.1) is 18.8 Å². The topological polar surface area (TPSA) is 38.7 Å². The van der Waals surface area contributed by atoms with Crippen molar-refractivity contribution in [2.75, 3.05) is 13.2 Å². The van der Waals surface area contributed by atoms with Gasteiger partial charge in [-0.05, 0) is 37.8 Å². The minimum Gasteiger partial charge on any atom is -0.507 e. The van der Waals surface area contributed by atoms with Crippen LogP contribution in [0.25, 0.3) is 0 Å². The highest BCUT2D eigenvalue weighted by Crippen LogP contribution is 2.44. The Morgan fingerprint density at radius 3 is 1.77 bits per heavy atom. The normalized spacial score (nSPS) is 12.9. The van der Waals surface area contributed by atoms with Crippen LogP contribution < -0.4 is 0 Å². The highest BCUT2D eigenvalue weighted by atomic mass is 16.7. The third-order valence-electron chi connectivity index (χ3n) is 6.34. The highest BCUT2D eigenvalue weighted by molar-refractivity contribution is 5.36. The van der Waals surface area contributed by atoms with Crippen LogP contribution in [0, 0.1) is 5.92 Å². The molecule has 0 heterocycles. The Kier molecular flexibility index (Phi) is 15.8. The molecule has 0 saturated heterocycles. The number of phenolic OH excluding ortho intramolecular Hbond substituents is 1. The molecule has 0 fully saturated rings. The molecule has 1 rings (SSSR count). The van der Waals surface area contributed by atoms with Gasteiger partial charge in [-0.15, -0.1) is 0 Å². The van der Waals surface area contributed by atoms with Gasteiger partial charge in [0, 0.05) is 5.92 Å². The van der Waals surface area contributed by atoms with Crippen molar-refractivity contribution < 1.29 is 14.6 Å². The van der Waals surface area contributed by atoms with Crippen LogP contribution in [-0.2, 0) is 15.3 Å². The molecule has 0 radical (unpaired) electrons. The Morgan fingerprint density at radius 1 is 0.710 bits per heavy atom. The van der Waals surface area contributed by atoms with Crippen LogP contribution in [0.5, 0.6) is 5.75 Å². The Hall–Kier alpha value is -1.06. The van der Waals surface area contributed by atoms with Crippen LogP contribution in [0.2, 0.25) is 0 Å². The van der Waals surface area contributed by atoms with E-state index in [4.69, 9.17) is 9.47 Å². The fraction of sp³-hybridized carbons (Fsp3) is 0.786. The van der Waals surface area contributed by atoms with Crippen molar-refractivity contribution in [2.45, 2.75) is 123 Å². The monoisotopic (exact) mass is 434 g/mol. The first-order chi connectivity index (χ1) is 15.2. The number of hydrogen-bond acceptors (Lipinski definition) is 3. The van der Waals surface area contributed by atoms with E-state index in [0.717, 1.165) is 44.1 Å². The molecule has 0 bridgehead atoms. The lowest BCUT2D eigenvalue weighted by Gasteiger charge is -2.41. The number of ether oxygens (including phenoxy) is 2. The number of unbranched alkanes of at least 4 members (excludes halogenated alkanes) is 9. The molecule has 0 aliphatic rings. The van der Waals surface area contributed by atoms with Crippen LogP contribution >= 0.6 is 0 Å². The lowest BCUT2D eigenvalue weighted by molar-refractivity contribution is -0.281. The highest BCUT2D eigenvalue weighted by Gasteiger charge is 2.43. The molecule has 0 aliphatic carbocycles. The molecule has 0 aromatic heterocycles. The van der Waals surface area contributed by atoms with E-state index in [1.54, 1.807) is 6.07 Å². The predicted molar refractivity (Wildman–Crippen MR) is 133 cm³/mol. The average Bonchev–Trinajstić information content (AvgIpc) is 2.78. The van der Waals surface area contributed by atoms with Crippen molar-refractivity contribution in [1.29, 1.82) is 0 Å². The Morgan fingerprint density at radius 2 is 1.23 bits per heavy atom. The summed E-state index contributed by atoms with van der Waals surface area (Å²) in [4.78, 5) is 0. The molecule has 1 N–H and O–H groups in total. The van der Waals surface area contributed by atoms with E-state index in [2.05, 4.69) is 27.7 Å². The zero-order valence-corrected chi connectivity index (χ0v) is 21.0. The van der Waals surface area contributed by atoms with Gasteiger partial charge in [0.25, 0.3) is 0 Å². The largest absolute Gasteiger partial charge is 0.507 e. The number of rotatable bonds is 20. The third-order valence-corrected chi connectivity index (χ3v) is 6.34. The maximum Gasteiger partial charge on any atom is 0.201 e. The van der Waals surface area contributed by atoms with Gasteiger partial charge in [0.2, 0.25) is 5.79 Å². The number of para-hydroxylation sites is 1. The molecular formula is C28H50O3. The fourth-order valence-corrected chi connectivity index (χ4v) is 4.41. The SMILES string of the molecule is CCCCCCCCC(CC)C(OCCCCC)(OCCCCC)c1ccccc1O. The average molecular weight is 435 g/mol.